The number of carbonyl (C=O) groups excluding carboxylic acids is 1. The minimum absolute atomic E-state index is 0.0736. The summed E-state index contributed by atoms with van der Waals surface area (Å²) in [6, 6.07) is 26.5. The predicted octanol–water partition coefficient (Wildman–Crippen LogP) is 5.23. The zero-order chi connectivity index (χ0) is 21.8. The molecule has 1 aromatic heterocycles. The second-order valence-corrected chi connectivity index (χ2v) is 8.37. The van der Waals surface area contributed by atoms with Gasteiger partial charge in [0.1, 0.15) is 0 Å². The number of hydrogen-bond donors (Lipinski definition) is 0. The first-order valence-electron chi connectivity index (χ1n) is 11.1. The normalized spacial score (nSPS) is 16.6. The molecule has 32 heavy (non-hydrogen) atoms. The van der Waals surface area contributed by atoms with Crippen molar-refractivity contribution in [1.29, 1.82) is 0 Å². The van der Waals surface area contributed by atoms with Gasteiger partial charge >= 0.3 is 0 Å². The van der Waals surface area contributed by atoms with E-state index < -0.39 is 0 Å². The number of nitrogens with zero attached hydrogens (tertiary/aromatic N) is 2. The molecule has 1 aliphatic heterocycles. The van der Waals surface area contributed by atoms with E-state index in [4.69, 9.17) is 4.74 Å². The number of aromatic nitrogens is 1. The van der Waals surface area contributed by atoms with Crippen LogP contribution in [0, 0.1) is 5.92 Å². The number of rotatable bonds is 4. The van der Waals surface area contributed by atoms with E-state index in [-0.39, 0.29) is 11.8 Å². The first-order chi connectivity index (χ1) is 15.8. The Morgan fingerprint density at radius 2 is 1.81 bits per heavy atom. The summed E-state index contributed by atoms with van der Waals surface area (Å²) in [6.45, 7) is 2.54. The molecular weight excluding hydrogens is 396 g/mol. The maximum absolute atomic E-state index is 13.6. The number of ether oxygens (including phenoxy) is 1. The molecule has 0 spiro atoms. The largest absolute Gasteiger partial charge is 0.379 e. The molecule has 3 aromatic carbocycles. The Kier molecular flexibility index (Phi) is 5.95. The summed E-state index contributed by atoms with van der Waals surface area (Å²) < 4.78 is 5.89. The summed E-state index contributed by atoms with van der Waals surface area (Å²) in [6.07, 6.45) is 4.59. The Morgan fingerprint density at radius 3 is 2.72 bits per heavy atom. The zero-order valence-corrected chi connectivity index (χ0v) is 18.0. The Hall–Kier alpha value is -3.50. The first kappa shape index (κ1) is 20.4. The highest BCUT2D eigenvalue weighted by Gasteiger charge is 2.25. The van der Waals surface area contributed by atoms with Crippen molar-refractivity contribution < 1.29 is 9.53 Å². The van der Waals surface area contributed by atoms with Gasteiger partial charge in [-0.05, 0) is 40.6 Å². The third kappa shape index (κ3) is 4.41. The van der Waals surface area contributed by atoms with Crippen LogP contribution in [-0.4, -0.2) is 42.1 Å². The fourth-order valence-electron chi connectivity index (χ4n) is 4.49. The van der Waals surface area contributed by atoms with Crippen molar-refractivity contribution in [3.8, 4) is 11.1 Å². The van der Waals surface area contributed by atoms with E-state index in [1.54, 1.807) is 0 Å². The van der Waals surface area contributed by atoms with Crippen LogP contribution in [0.2, 0.25) is 0 Å². The lowest BCUT2D eigenvalue weighted by atomic mass is 9.96. The van der Waals surface area contributed by atoms with Crippen molar-refractivity contribution in [1.82, 2.24) is 9.88 Å². The average molecular weight is 423 g/mol. The van der Waals surface area contributed by atoms with Crippen molar-refractivity contribution in [3.05, 3.63) is 102 Å². The van der Waals surface area contributed by atoms with Gasteiger partial charge in [-0.2, -0.15) is 0 Å². The third-order valence-electron chi connectivity index (χ3n) is 6.10. The minimum Gasteiger partial charge on any atom is -0.379 e. The Labute approximate surface area is 188 Å². The van der Waals surface area contributed by atoms with Gasteiger partial charge in [0.15, 0.2) is 0 Å². The molecule has 160 valence electrons. The molecule has 1 amide bonds. The fourth-order valence-corrected chi connectivity index (χ4v) is 4.49. The van der Waals surface area contributed by atoms with Crippen LogP contribution < -0.4 is 0 Å². The maximum atomic E-state index is 13.6. The monoisotopic (exact) mass is 422 g/mol. The van der Waals surface area contributed by atoms with Crippen molar-refractivity contribution in [2.24, 2.45) is 5.92 Å². The fraction of sp³-hybridized carbons (Fsp3) is 0.214. The number of pyridine rings is 1. The van der Waals surface area contributed by atoms with Crippen LogP contribution in [-0.2, 0) is 11.2 Å². The molecule has 0 radical (unpaired) electrons. The van der Waals surface area contributed by atoms with Gasteiger partial charge in [-0.1, -0.05) is 66.7 Å². The van der Waals surface area contributed by atoms with Gasteiger partial charge < -0.3 is 9.64 Å². The van der Waals surface area contributed by atoms with Crippen LogP contribution in [0.5, 0.6) is 0 Å². The smallest absolute Gasteiger partial charge is 0.254 e. The van der Waals surface area contributed by atoms with Gasteiger partial charge in [0.05, 0.1) is 13.2 Å². The summed E-state index contributed by atoms with van der Waals surface area (Å²) in [5.41, 5.74) is 4.04. The number of benzene rings is 3. The van der Waals surface area contributed by atoms with Crippen LogP contribution in [0.3, 0.4) is 0 Å². The van der Waals surface area contributed by atoms with E-state index >= 15 is 0 Å². The van der Waals surface area contributed by atoms with Crippen molar-refractivity contribution in [3.63, 3.8) is 0 Å². The summed E-state index contributed by atoms with van der Waals surface area (Å²) in [7, 11) is 0. The van der Waals surface area contributed by atoms with E-state index in [1.165, 1.54) is 10.9 Å². The molecule has 4 heteroatoms. The summed E-state index contributed by atoms with van der Waals surface area (Å²) in [5.74, 6) is 0.328. The molecule has 0 saturated carbocycles. The van der Waals surface area contributed by atoms with E-state index in [9.17, 15) is 4.79 Å². The summed E-state index contributed by atoms with van der Waals surface area (Å²) >= 11 is 0. The van der Waals surface area contributed by atoms with Gasteiger partial charge in [0, 0.05) is 42.4 Å². The Morgan fingerprint density at radius 1 is 0.969 bits per heavy atom. The Balaban J connectivity index is 1.37. The number of hydrogen-bond acceptors (Lipinski definition) is 3. The van der Waals surface area contributed by atoms with Gasteiger partial charge in [0.25, 0.3) is 5.91 Å². The maximum Gasteiger partial charge on any atom is 0.254 e. The molecule has 5 rings (SSSR count). The number of fused-ring (bicyclic) bond motifs is 1. The predicted molar refractivity (Wildman–Crippen MR) is 128 cm³/mol. The lowest BCUT2D eigenvalue weighted by Crippen LogP contribution is -2.36. The highest BCUT2D eigenvalue weighted by atomic mass is 16.5. The number of amides is 1. The molecule has 1 fully saturated rings. The standard InChI is InChI=1S/C28H26N2O2/c31-28(27-9-5-4-8-26(27)23-6-2-1-3-7-23)30-14-15-32-20-22(19-30)16-21-10-11-25-18-29-13-12-24(25)17-21/h1-13,17-18,22H,14-16,19-20H2. The van der Waals surface area contributed by atoms with Crippen LogP contribution in [0.4, 0.5) is 0 Å². The SMILES string of the molecule is O=C(c1ccccc1-c1ccccc1)N1CCOCC(Cc2ccc3cnccc3c2)C1. The first-order valence-corrected chi connectivity index (χ1v) is 11.1. The van der Waals surface area contributed by atoms with Crippen molar-refractivity contribution in [2.45, 2.75) is 6.42 Å². The summed E-state index contributed by atoms with van der Waals surface area (Å²) in [5, 5.41) is 2.33. The molecule has 0 aliphatic carbocycles. The van der Waals surface area contributed by atoms with Crippen LogP contribution >= 0.6 is 0 Å². The highest BCUT2D eigenvalue weighted by molar-refractivity contribution is 6.01. The van der Waals surface area contributed by atoms with Gasteiger partial charge in [-0.25, -0.2) is 0 Å². The molecule has 1 saturated heterocycles. The van der Waals surface area contributed by atoms with E-state index in [1.807, 2.05) is 65.8 Å². The molecule has 0 bridgehead atoms. The highest BCUT2D eigenvalue weighted by Crippen LogP contribution is 2.26. The molecule has 1 atom stereocenters. The molecule has 0 N–H and O–H groups in total. The van der Waals surface area contributed by atoms with Gasteiger partial charge in [-0.15, -0.1) is 0 Å². The Bertz CT molecular complexity index is 1220. The van der Waals surface area contributed by atoms with Crippen LogP contribution in [0.25, 0.3) is 21.9 Å². The molecular formula is C28H26N2O2. The van der Waals surface area contributed by atoms with Crippen molar-refractivity contribution >= 4 is 16.7 Å². The quantitative estimate of drug-likeness (QED) is 0.452. The van der Waals surface area contributed by atoms with E-state index in [0.29, 0.717) is 26.3 Å². The zero-order valence-electron chi connectivity index (χ0n) is 18.0. The molecule has 4 nitrogen and oxygen atoms in total. The lowest BCUT2D eigenvalue weighted by molar-refractivity contribution is 0.0738. The molecule has 1 aliphatic rings. The summed E-state index contributed by atoms with van der Waals surface area (Å²) in [4.78, 5) is 19.7. The van der Waals surface area contributed by atoms with Crippen LogP contribution in [0.15, 0.2) is 91.3 Å². The molecule has 4 aromatic rings. The topological polar surface area (TPSA) is 42.4 Å². The molecule has 1 unspecified atom stereocenters. The second-order valence-electron chi connectivity index (χ2n) is 8.37. The van der Waals surface area contributed by atoms with Crippen molar-refractivity contribution in [2.75, 3.05) is 26.3 Å². The molecule has 2 heterocycles. The number of carbonyl (C=O) groups is 1. The third-order valence-corrected chi connectivity index (χ3v) is 6.10. The lowest BCUT2D eigenvalue weighted by Gasteiger charge is -2.25. The van der Waals surface area contributed by atoms with E-state index in [0.717, 1.165) is 28.5 Å². The second kappa shape index (κ2) is 9.33. The minimum atomic E-state index is 0.0736. The van der Waals surface area contributed by atoms with E-state index in [2.05, 4.69) is 35.3 Å². The van der Waals surface area contributed by atoms with Crippen LogP contribution in [0.1, 0.15) is 15.9 Å². The van der Waals surface area contributed by atoms with Gasteiger partial charge in [-0.3, -0.25) is 9.78 Å². The van der Waals surface area contributed by atoms with Gasteiger partial charge in [0.2, 0.25) is 0 Å². The average Bonchev–Trinajstić information content (AvgIpc) is 3.09.